The molecule has 0 spiro atoms. The van der Waals surface area contributed by atoms with Crippen LogP contribution < -0.4 is 5.32 Å². The van der Waals surface area contributed by atoms with Crippen LogP contribution in [0.15, 0.2) is 29.7 Å². The molecular formula is C19H25N3O3. The Morgan fingerprint density at radius 1 is 1.24 bits per heavy atom. The van der Waals surface area contributed by atoms with Crippen molar-refractivity contribution in [2.45, 2.75) is 39.5 Å². The summed E-state index contributed by atoms with van der Waals surface area (Å²) in [5.74, 6) is 1.30. The minimum atomic E-state index is -0.0789. The molecule has 3 heterocycles. The number of carbonyl (C=O) groups is 2. The van der Waals surface area contributed by atoms with E-state index in [0.29, 0.717) is 38.4 Å². The van der Waals surface area contributed by atoms with Crippen LogP contribution in [0.1, 0.15) is 38.2 Å². The van der Waals surface area contributed by atoms with Crippen molar-refractivity contribution in [1.29, 1.82) is 0 Å². The molecule has 2 aliphatic heterocycles. The maximum atomic E-state index is 12.6. The SMILES string of the molecule is CC1=C(C(=O)N2CCC(C(=O)Nc3ccc(C)cn3)CC2)CCCO1. The first-order chi connectivity index (χ1) is 12.0. The van der Waals surface area contributed by atoms with E-state index in [9.17, 15) is 9.59 Å². The maximum absolute atomic E-state index is 12.6. The highest BCUT2D eigenvalue weighted by molar-refractivity contribution is 5.95. The van der Waals surface area contributed by atoms with Gasteiger partial charge in [0.15, 0.2) is 0 Å². The Labute approximate surface area is 148 Å². The summed E-state index contributed by atoms with van der Waals surface area (Å²) < 4.78 is 5.50. The van der Waals surface area contributed by atoms with Gasteiger partial charge in [-0.1, -0.05) is 6.07 Å². The van der Waals surface area contributed by atoms with Gasteiger partial charge in [-0.2, -0.15) is 0 Å². The molecule has 0 aromatic carbocycles. The number of likely N-dealkylation sites (tertiary alicyclic amines) is 1. The summed E-state index contributed by atoms with van der Waals surface area (Å²) in [5.41, 5.74) is 1.85. The first kappa shape index (κ1) is 17.5. The summed E-state index contributed by atoms with van der Waals surface area (Å²) in [4.78, 5) is 31.1. The van der Waals surface area contributed by atoms with Crippen LogP contribution in [0.2, 0.25) is 0 Å². The van der Waals surface area contributed by atoms with Crippen LogP contribution in [0.25, 0.3) is 0 Å². The second-order valence-corrected chi connectivity index (χ2v) is 6.76. The number of aryl methyl sites for hydroxylation is 1. The maximum Gasteiger partial charge on any atom is 0.253 e. The van der Waals surface area contributed by atoms with Crippen LogP contribution >= 0.6 is 0 Å². The van der Waals surface area contributed by atoms with Gasteiger partial charge in [0.25, 0.3) is 5.91 Å². The smallest absolute Gasteiger partial charge is 0.253 e. The molecule has 3 rings (SSSR count). The Balaban J connectivity index is 1.53. The Hall–Kier alpha value is -2.37. The van der Waals surface area contributed by atoms with Gasteiger partial charge in [-0.05, 0) is 51.2 Å². The molecule has 134 valence electrons. The van der Waals surface area contributed by atoms with E-state index in [0.717, 1.165) is 29.7 Å². The average Bonchev–Trinajstić information content (AvgIpc) is 2.63. The summed E-state index contributed by atoms with van der Waals surface area (Å²) in [6.45, 7) is 5.73. The van der Waals surface area contributed by atoms with Gasteiger partial charge in [0.05, 0.1) is 12.2 Å². The Kier molecular flexibility index (Phi) is 5.36. The minimum absolute atomic E-state index is 0.0140. The number of amides is 2. The molecular weight excluding hydrogens is 318 g/mol. The van der Waals surface area contributed by atoms with Gasteiger partial charge in [-0.25, -0.2) is 4.98 Å². The molecule has 1 aromatic heterocycles. The van der Waals surface area contributed by atoms with E-state index in [2.05, 4.69) is 10.3 Å². The molecule has 1 N–H and O–H groups in total. The molecule has 2 aliphatic rings. The van der Waals surface area contributed by atoms with Crippen molar-refractivity contribution in [3.8, 4) is 0 Å². The molecule has 0 bridgehead atoms. The highest BCUT2D eigenvalue weighted by Gasteiger charge is 2.30. The van der Waals surface area contributed by atoms with Gasteiger partial charge in [0.1, 0.15) is 11.6 Å². The lowest BCUT2D eigenvalue weighted by atomic mass is 9.94. The van der Waals surface area contributed by atoms with Crippen LogP contribution in [-0.2, 0) is 14.3 Å². The molecule has 0 radical (unpaired) electrons. The standard InChI is InChI=1S/C19H25N3O3/c1-13-5-6-17(20-12-13)21-18(23)15-7-9-22(10-8-15)19(24)16-4-3-11-25-14(16)2/h5-6,12,15H,3-4,7-11H2,1-2H3,(H,20,21,23). The largest absolute Gasteiger partial charge is 0.498 e. The van der Waals surface area contributed by atoms with E-state index < -0.39 is 0 Å². The monoisotopic (exact) mass is 343 g/mol. The number of nitrogens with one attached hydrogen (secondary N) is 1. The third-order valence-electron chi connectivity index (χ3n) is 4.89. The van der Waals surface area contributed by atoms with Crippen LogP contribution in [0.3, 0.4) is 0 Å². The highest BCUT2D eigenvalue weighted by atomic mass is 16.5. The van der Waals surface area contributed by atoms with Gasteiger partial charge in [-0.15, -0.1) is 0 Å². The number of pyridine rings is 1. The topological polar surface area (TPSA) is 71.5 Å². The number of nitrogens with zero attached hydrogens (tertiary/aromatic N) is 2. The van der Waals surface area contributed by atoms with Gasteiger partial charge < -0.3 is 15.0 Å². The molecule has 2 amide bonds. The predicted octanol–water partition coefficient (Wildman–Crippen LogP) is 2.65. The number of rotatable bonds is 3. The average molecular weight is 343 g/mol. The van der Waals surface area contributed by atoms with E-state index in [-0.39, 0.29) is 17.7 Å². The zero-order valence-electron chi connectivity index (χ0n) is 14.9. The number of hydrogen-bond donors (Lipinski definition) is 1. The van der Waals surface area contributed by atoms with Crippen molar-refractivity contribution in [1.82, 2.24) is 9.88 Å². The van der Waals surface area contributed by atoms with Crippen molar-refractivity contribution in [3.05, 3.63) is 35.2 Å². The molecule has 0 unspecified atom stereocenters. The van der Waals surface area contributed by atoms with Gasteiger partial charge in [-0.3, -0.25) is 9.59 Å². The third-order valence-corrected chi connectivity index (χ3v) is 4.89. The van der Waals surface area contributed by atoms with Crippen molar-refractivity contribution < 1.29 is 14.3 Å². The quantitative estimate of drug-likeness (QED) is 0.916. The van der Waals surface area contributed by atoms with Gasteiger partial charge >= 0.3 is 0 Å². The normalized spacial score (nSPS) is 18.7. The Bertz CT molecular complexity index is 674. The molecule has 0 aliphatic carbocycles. The predicted molar refractivity (Wildman–Crippen MR) is 94.8 cm³/mol. The fraction of sp³-hybridized carbons (Fsp3) is 0.526. The molecule has 0 saturated carbocycles. The minimum Gasteiger partial charge on any atom is -0.498 e. The number of piperidine rings is 1. The second-order valence-electron chi connectivity index (χ2n) is 6.76. The molecule has 1 aromatic rings. The van der Waals surface area contributed by atoms with Crippen LogP contribution in [0.4, 0.5) is 5.82 Å². The number of aromatic nitrogens is 1. The fourth-order valence-electron chi connectivity index (χ4n) is 3.30. The lowest BCUT2D eigenvalue weighted by Gasteiger charge is -2.33. The molecule has 25 heavy (non-hydrogen) atoms. The second kappa shape index (κ2) is 7.68. The van der Waals surface area contributed by atoms with Crippen LogP contribution in [-0.4, -0.2) is 41.4 Å². The molecule has 1 fully saturated rings. The number of ether oxygens (including phenoxy) is 1. The summed E-state index contributed by atoms with van der Waals surface area (Å²) in [7, 11) is 0. The summed E-state index contributed by atoms with van der Waals surface area (Å²) in [5, 5.41) is 2.87. The van der Waals surface area contributed by atoms with E-state index in [1.165, 1.54) is 0 Å². The van der Waals surface area contributed by atoms with Gasteiger partial charge in [0.2, 0.25) is 5.91 Å². The summed E-state index contributed by atoms with van der Waals surface area (Å²) in [6.07, 6.45) is 4.76. The molecule has 6 heteroatoms. The van der Waals surface area contributed by atoms with E-state index in [1.54, 1.807) is 6.20 Å². The summed E-state index contributed by atoms with van der Waals surface area (Å²) >= 11 is 0. The van der Waals surface area contributed by atoms with Crippen molar-refractivity contribution >= 4 is 17.6 Å². The molecule has 1 saturated heterocycles. The Morgan fingerprint density at radius 2 is 2.00 bits per heavy atom. The molecule has 0 atom stereocenters. The molecule has 6 nitrogen and oxygen atoms in total. The third kappa shape index (κ3) is 4.18. The lowest BCUT2D eigenvalue weighted by Crippen LogP contribution is -2.42. The first-order valence-electron chi connectivity index (χ1n) is 8.90. The van der Waals surface area contributed by atoms with Crippen LogP contribution in [0.5, 0.6) is 0 Å². The lowest BCUT2D eigenvalue weighted by molar-refractivity contribution is -0.131. The van der Waals surface area contributed by atoms with Crippen molar-refractivity contribution in [2.24, 2.45) is 5.92 Å². The number of anilines is 1. The zero-order chi connectivity index (χ0) is 17.8. The van der Waals surface area contributed by atoms with E-state index in [4.69, 9.17) is 4.74 Å². The van der Waals surface area contributed by atoms with Crippen molar-refractivity contribution in [3.63, 3.8) is 0 Å². The van der Waals surface area contributed by atoms with Crippen LogP contribution in [0, 0.1) is 12.8 Å². The highest BCUT2D eigenvalue weighted by Crippen LogP contribution is 2.25. The zero-order valence-corrected chi connectivity index (χ0v) is 14.9. The van der Waals surface area contributed by atoms with Gasteiger partial charge in [0, 0.05) is 25.2 Å². The van der Waals surface area contributed by atoms with Crippen molar-refractivity contribution in [2.75, 3.05) is 25.0 Å². The fourth-order valence-corrected chi connectivity index (χ4v) is 3.30. The number of allylic oxidation sites excluding steroid dienone is 1. The first-order valence-corrected chi connectivity index (χ1v) is 8.90. The Morgan fingerprint density at radius 3 is 2.64 bits per heavy atom. The van der Waals surface area contributed by atoms with E-state index >= 15 is 0 Å². The number of carbonyl (C=O) groups excluding carboxylic acids is 2. The summed E-state index contributed by atoms with van der Waals surface area (Å²) in [6, 6.07) is 3.73. The van der Waals surface area contributed by atoms with E-state index in [1.807, 2.05) is 30.9 Å². The number of hydrogen-bond acceptors (Lipinski definition) is 4.